The first-order chi connectivity index (χ1) is 24.2. The van der Waals surface area contributed by atoms with Gasteiger partial charge in [0.25, 0.3) is 0 Å². The molecule has 1 fully saturated rings. The number of alkyl carbamates (subject to hydrolysis) is 1. The van der Waals surface area contributed by atoms with Crippen LogP contribution in [0.3, 0.4) is 0 Å². The molecule has 288 valence electrons. The summed E-state index contributed by atoms with van der Waals surface area (Å²) < 4.78 is 17.4. The van der Waals surface area contributed by atoms with Crippen LogP contribution in [0.2, 0.25) is 0 Å². The first kappa shape index (κ1) is 42.1. The number of nitrogens with one attached hydrogen (secondary N) is 3. The van der Waals surface area contributed by atoms with Crippen LogP contribution in [-0.4, -0.2) is 85.4 Å². The van der Waals surface area contributed by atoms with Gasteiger partial charge in [0.15, 0.2) is 0 Å². The number of fused-ring (bicyclic) bond motifs is 1. The highest BCUT2D eigenvalue weighted by atomic mass is 16.6. The van der Waals surface area contributed by atoms with E-state index in [1.165, 1.54) is 10.5 Å². The van der Waals surface area contributed by atoms with Crippen LogP contribution in [-0.2, 0) is 36.7 Å². The Hall–Kier alpha value is -3.34. The Bertz CT molecular complexity index is 1270. The SMILES string of the molecule is CCCCOC(=O)[C@@H](CC(C)C)NC(=O)[C@@H](C)N(C)C(=O)[C@@H](NC[C@H]1CCc2cccc(CCCNC(=O)OC(C)(C)C)c2O1)C1CCCCC1. The van der Waals surface area contributed by atoms with Gasteiger partial charge in [-0.15, -0.1) is 0 Å². The monoisotopic (exact) mass is 714 g/mol. The van der Waals surface area contributed by atoms with Gasteiger partial charge in [0, 0.05) is 20.1 Å². The smallest absolute Gasteiger partial charge is 0.407 e. The minimum atomic E-state index is -0.770. The maximum atomic E-state index is 14.2. The average Bonchev–Trinajstić information content (AvgIpc) is 3.08. The Morgan fingerprint density at radius 2 is 1.75 bits per heavy atom. The van der Waals surface area contributed by atoms with Crippen molar-refractivity contribution in [3.63, 3.8) is 0 Å². The van der Waals surface area contributed by atoms with Gasteiger partial charge in [0.2, 0.25) is 11.8 Å². The number of likely N-dealkylation sites (N-methyl/N-ethyl adjacent to an activating group) is 1. The highest BCUT2D eigenvalue weighted by molar-refractivity contribution is 5.91. The second kappa shape index (κ2) is 20.6. The van der Waals surface area contributed by atoms with Crippen molar-refractivity contribution in [2.24, 2.45) is 11.8 Å². The minimum absolute atomic E-state index is 0.112. The number of nitrogens with zero attached hydrogens (tertiary/aromatic N) is 1. The quantitative estimate of drug-likeness (QED) is 0.123. The van der Waals surface area contributed by atoms with Crippen molar-refractivity contribution in [3.05, 3.63) is 29.3 Å². The molecule has 1 aliphatic carbocycles. The standard InChI is InChI=1S/C40H66N4O7/c1-9-10-24-49-38(47)33(25-27(2)3)43-36(45)28(4)44(8)37(46)34(29-16-12-11-13-17-29)42-26-32-22-21-31-19-14-18-30(35(31)50-32)20-15-23-41-39(48)51-40(5,6)7/h14,18-19,27-29,32-34,42H,9-13,15-17,20-26H2,1-8H3,(H,41,48)(H,43,45)/t28-,32-,33-,34+/m1/s1. The van der Waals surface area contributed by atoms with Crippen molar-refractivity contribution in [1.82, 2.24) is 20.9 Å². The van der Waals surface area contributed by atoms with Crippen LogP contribution in [0.5, 0.6) is 5.75 Å². The van der Waals surface area contributed by atoms with Crippen molar-refractivity contribution < 1.29 is 33.4 Å². The molecule has 0 saturated heterocycles. The van der Waals surface area contributed by atoms with E-state index in [1.54, 1.807) is 14.0 Å². The van der Waals surface area contributed by atoms with Gasteiger partial charge in [-0.05, 0) is 102 Å². The topological polar surface area (TPSA) is 135 Å². The predicted octanol–water partition coefficient (Wildman–Crippen LogP) is 6.10. The maximum absolute atomic E-state index is 14.2. The molecule has 4 atom stereocenters. The van der Waals surface area contributed by atoms with E-state index in [9.17, 15) is 19.2 Å². The lowest BCUT2D eigenvalue weighted by molar-refractivity contribution is -0.149. The zero-order valence-electron chi connectivity index (χ0n) is 32.6. The number of unbranched alkanes of at least 4 members (excludes halogenated alkanes) is 1. The first-order valence-electron chi connectivity index (χ1n) is 19.4. The molecule has 1 aromatic carbocycles. The summed E-state index contributed by atoms with van der Waals surface area (Å²) in [7, 11) is 1.68. The van der Waals surface area contributed by atoms with E-state index in [0.29, 0.717) is 26.1 Å². The summed E-state index contributed by atoms with van der Waals surface area (Å²) in [5, 5.41) is 9.32. The molecule has 0 bridgehead atoms. The lowest BCUT2D eigenvalue weighted by Gasteiger charge is -2.36. The van der Waals surface area contributed by atoms with E-state index in [1.807, 2.05) is 41.5 Å². The van der Waals surface area contributed by atoms with Crippen molar-refractivity contribution in [2.75, 3.05) is 26.7 Å². The molecule has 3 N–H and O–H groups in total. The number of carbonyl (C=O) groups is 4. The predicted molar refractivity (Wildman–Crippen MR) is 200 cm³/mol. The second-order valence-corrected chi connectivity index (χ2v) is 15.8. The third-order valence-corrected chi connectivity index (χ3v) is 9.80. The van der Waals surface area contributed by atoms with Crippen molar-refractivity contribution in [2.45, 2.75) is 155 Å². The molecule has 1 saturated carbocycles. The highest BCUT2D eigenvalue weighted by Crippen LogP contribution is 2.33. The number of aryl methyl sites for hydroxylation is 2. The average molecular weight is 715 g/mol. The fourth-order valence-corrected chi connectivity index (χ4v) is 6.82. The van der Waals surface area contributed by atoms with E-state index in [0.717, 1.165) is 81.9 Å². The van der Waals surface area contributed by atoms with E-state index < -0.39 is 35.8 Å². The Labute approximate surface area is 306 Å². The summed E-state index contributed by atoms with van der Waals surface area (Å²) in [6, 6.07) is 4.26. The van der Waals surface area contributed by atoms with Gasteiger partial charge < -0.3 is 35.1 Å². The Morgan fingerprint density at radius 3 is 2.41 bits per heavy atom. The summed E-state index contributed by atoms with van der Waals surface area (Å²) in [6.45, 7) is 14.6. The first-order valence-corrected chi connectivity index (χ1v) is 19.4. The van der Waals surface area contributed by atoms with Crippen LogP contribution in [0.1, 0.15) is 124 Å². The van der Waals surface area contributed by atoms with Crippen LogP contribution >= 0.6 is 0 Å². The summed E-state index contributed by atoms with van der Waals surface area (Å²) in [6.07, 6.45) is 10.0. The highest BCUT2D eigenvalue weighted by Gasteiger charge is 2.36. The van der Waals surface area contributed by atoms with E-state index in [2.05, 4.69) is 34.1 Å². The van der Waals surface area contributed by atoms with Gasteiger partial charge in [0.1, 0.15) is 29.5 Å². The molecule has 51 heavy (non-hydrogen) atoms. The van der Waals surface area contributed by atoms with E-state index in [4.69, 9.17) is 14.2 Å². The third kappa shape index (κ3) is 14.0. The van der Waals surface area contributed by atoms with Gasteiger partial charge >= 0.3 is 12.1 Å². The number of hydrogen-bond donors (Lipinski definition) is 3. The molecule has 1 aromatic rings. The molecule has 0 aromatic heterocycles. The number of carbonyl (C=O) groups excluding carboxylic acids is 4. The summed E-state index contributed by atoms with van der Waals surface area (Å²) in [5.74, 6) is 0.324. The number of esters is 1. The number of para-hydroxylation sites is 1. The van der Waals surface area contributed by atoms with Gasteiger partial charge in [-0.3, -0.25) is 9.59 Å². The molecule has 1 aliphatic heterocycles. The zero-order chi connectivity index (χ0) is 37.6. The molecular formula is C40H66N4O7. The number of ether oxygens (including phenoxy) is 3. The summed E-state index contributed by atoms with van der Waals surface area (Å²) in [5.41, 5.74) is 1.74. The molecule has 0 spiro atoms. The molecule has 0 unspecified atom stereocenters. The van der Waals surface area contributed by atoms with Gasteiger partial charge in [-0.1, -0.05) is 64.7 Å². The van der Waals surface area contributed by atoms with Gasteiger partial charge in [-0.25, -0.2) is 9.59 Å². The molecule has 3 rings (SSSR count). The van der Waals surface area contributed by atoms with Crippen molar-refractivity contribution in [1.29, 1.82) is 0 Å². The van der Waals surface area contributed by atoms with Crippen molar-refractivity contribution >= 4 is 23.9 Å². The minimum Gasteiger partial charge on any atom is -0.489 e. The Kier molecular flexibility index (Phi) is 17.0. The van der Waals surface area contributed by atoms with Crippen LogP contribution in [0.25, 0.3) is 0 Å². The molecule has 11 heteroatoms. The number of benzene rings is 1. The van der Waals surface area contributed by atoms with E-state index in [-0.39, 0.29) is 29.8 Å². The number of rotatable bonds is 18. The lowest BCUT2D eigenvalue weighted by atomic mass is 9.83. The van der Waals surface area contributed by atoms with Crippen LogP contribution in [0.15, 0.2) is 18.2 Å². The molecule has 11 nitrogen and oxygen atoms in total. The van der Waals surface area contributed by atoms with Gasteiger partial charge in [0.05, 0.1) is 12.6 Å². The zero-order valence-corrected chi connectivity index (χ0v) is 32.6. The van der Waals surface area contributed by atoms with Crippen LogP contribution in [0.4, 0.5) is 4.79 Å². The van der Waals surface area contributed by atoms with Crippen molar-refractivity contribution in [3.8, 4) is 5.75 Å². The largest absolute Gasteiger partial charge is 0.489 e. The Balaban J connectivity index is 1.63. The maximum Gasteiger partial charge on any atom is 0.407 e. The third-order valence-electron chi connectivity index (χ3n) is 9.80. The molecule has 3 amide bonds. The molecular weight excluding hydrogens is 648 g/mol. The van der Waals surface area contributed by atoms with Crippen LogP contribution < -0.4 is 20.7 Å². The lowest BCUT2D eigenvalue weighted by Crippen LogP contribution is -2.57. The van der Waals surface area contributed by atoms with E-state index >= 15 is 0 Å². The fourth-order valence-electron chi connectivity index (χ4n) is 6.82. The normalized spacial score (nSPS) is 18.1. The van der Waals surface area contributed by atoms with Gasteiger partial charge in [-0.2, -0.15) is 0 Å². The molecule has 0 radical (unpaired) electrons. The Morgan fingerprint density at radius 1 is 1.02 bits per heavy atom. The second-order valence-electron chi connectivity index (χ2n) is 15.8. The fraction of sp³-hybridized carbons (Fsp3) is 0.750. The molecule has 2 aliphatic rings. The van der Waals surface area contributed by atoms with Crippen LogP contribution in [0, 0.1) is 11.8 Å². The number of hydrogen-bond acceptors (Lipinski definition) is 8. The molecule has 1 heterocycles. The summed E-state index contributed by atoms with van der Waals surface area (Å²) in [4.78, 5) is 54.1. The number of amides is 3. The summed E-state index contributed by atoms with van der Waals surface area (Å²) >= 11 is 0.